The molecule has 2 aromatic heterocycles. The zero-order valence-electron chi connectivity index (χ0n) is 15.3. The van der Waals surface area contributed by atoms with Crippen LogP contribution in [0.15, 0.2) is 30.5 Å². The Kier molecular flexibility index (Phi) is 5.46. The molecule has 1 amide bonds. The Labute approximate surface area is 164 Å². The normalized spacial score (nSPS) is 10.6. The number of amides is 1. The molecule has 7 nitrogen and oxygen atoms in total. The lowest BCUT2D eigenvalue weighted by atomic mass is 10.1. The molecule has 28 heavy (non-hydrogen) atoms. The maximum Gasteiger partial charge on any atom is 0.253 e. The van der Waals surface area contributed by atoms with Gasteiger partial charge in [-0.1, -0.05) is 11.6 Å². The molecule has 3 rings (SSSR count). The molecule has 0 aliphatic heterocycles. The second-order valence-electron chi connectivity index (χ2n) is 5.98. The highest BCUT2D eigenvalue weighted by molar-refractivity contribution is 6.33. The van der Waals surface area contributed by atoms with Gasteiger partial charge in [-0.3, -0.25) is 9.48 Å². The van der Waals surface area contributed by atoms with Crippen LogP contribution in [0.5, 0.6) is 0 Å². The minimum absolute atomic E-state index is 0.0636. The van der Waals surface area contributed by atoms with Crippen LogP contribution in [0.1, 0.15) is 16.1 Å². The van der Waals surface area contributed by atoms with Gasteiger partial charge in [0.2, 0.25) is 0 Å². The predicted molar refractivity (Wildman–Crippen MR) is 104 cm³/mol. The number of nitrogens with one attached hydrogen (secondary N) is 3. The minimum Gasteiger partial charge on any atom is -0.355 e. The average Bonchev–Trinajstić information content (AvgIpc) is 2.97. The molecule has 0 atom stereocenters. The lowest BCUT2D eigenvalue weighted by molar-refractivity contribution is 0.0963. The number of pyridine rings is 1. The fraction of sp³-hybridized carbons (Fsp3) is 0.167. The molecular weight excluding hydrogens is 390 g/mol. The molecular formula is C18H17ClF2N6O. The highest BCUT2D eigenvalue weighted by Gasteiger charge is 2.17. The summed E-state index contributed by atoms with van der Waals surface area (Å²) in [6.45, 7) is 1.86. The van der Waals surface area contributed by atoms with Crippen LogP contribution in [0, 0.1) is 18.6 Å². The molecule has 0 fully saturated rings. The van der Waals surface area contributed by atoms with E-state index in [1.54, 1.807) is 17.8 Å². The van der Waals surface area contributed by atoms with E-state index in [9.17, 15) is 13.6 Å². The lowest BCUT2D eigenvalue weighted by Crippen LogP contribution is -2.19. The number of hydrogen-bond acceptors (Lipinski definition) is 5. The molecule has 3 aromatic rings. The molecule has 0 unspecified atom stereocenters. The van der Waals surface area contributed by atoms with Crippen molar-refractivity contribution in [1.82, 2.24) is 20.1 Å². The average molecular weight is 407 g/mol. The number of hydrogen-bond donors (Lipinski definition) is 3. The van der Waals surface area contributed by atoms with Crippen LogP contribution in [0.3, 0.4) is 0 Å². The Morgan fingerprint density at radius 1 is 1.11 bits per heavy atom. The zero-order valence-corrected chi connectivity index (χ0v) is 16.0. The third-order valence-corrected chi connectivity index (χ3v) is 4.22. The molecule has 3 N–H and O–H groups in total. The smallest absolute Gasteiger partial charge is 0.253 e. The van der Waals surface area contributed by atoms with Crippen molar-refractivity contribution in [3.63, 3.8) is 0 Å². The summed E-state index contributed by atoms with van der Waals surface area (Å²) in [6.07, 6.45) is 1.40. The Morgan fingerprint density at radius 3 is 2.46 bits per heavy atom. The summed E-state index contributed by atoms with van der Waals surface area (Å²) in [6, 6.07) is 5.14. The Hall–Kier alpha value is -3.20. The van der Waals surface area contributed by atoms with E-state index in [2.05, 4.69) is 26.0 Å². The first-order valence-electron chi connectivity index (χ1n) is 8.20. The van der Waals surface area contributed by atoms with E-state index in [-0.39, 0.29) is 16.3 Å². The molecule has 1 aromatic carbocycles. The lowest BCUT2D eigenvalue weighted by Gasteiger charge is -2.14. The number of benzene rings is 1. The molecule has 146 valence electrons. The van der Waals surface area contributed by atoms with Crippen molar-refractivity contribution in [3.05, 3.63) is 58.4 Å². The Bertz CT molecular complexity index is 1050. The van der Waals surface area contributed by atoms with Gasteiger partial charge in [0.1, 0.15) is 11.6 Å². The van der Waals surface area contributed by atoms with Crippen molar-refractivity contribution in [3.8, 4) is 0 Å². The van der Waals surface area contributed by atoms with Crippen LogP contribution in [-0.4, -0.2) is 27.7 Å². The van der Waals surface area contributed by atoms with Gasteiger partial charge in [0.05, 0.1) is 33.9 Å². The van der Waals surface area contributed by atoms with Crippen LogP contribution in [0.25, 0.3) is 0 Å². The number of anilines is 4. The molecule has 0 saturated carbocycles. The molecule has 0 radical (unpaired) electrons. The Morgan fingerprint density at radius 2 is 1.82 bits per heavy atom. The van der Waals surface area contributed by atoms with Gasteiger partial charge in [0.25, 0.3) is 5.91 Å². The number of halogens is 3. The van der Waals surface area contributed by atoms with E-state index >= 15 is 0 Å². The highest BCUT2D eigenvalue weighted by atomic mass is 35.5. The zero-order chi connectivity index (χ0) is 20.4. The van der Waals surface area contributed by atoms with E-state index in [1.807, 2.05) is 13.0 Å². The Balaban J connectivity index is 1.95. The number of aryl methyl sites for hydroxylation is 2. The van der Waals surface area contributed by atoms with Crippen LogP contribution >= 0.6 is 11.6 Å². The van der Waals surface area contributed by atoms with Gasteiger partial charge in [-0.2, -0.15) is 5.10 Å². The largest absolute Gasteiger partial charge is 0.355 e. The van der Waals surface area contributed by atoms with Gasteiger partial charge >= 0.3 is 0 Å². The van der Waals surface area contributed by atoms with Crippen LogP contribution < -0.4 is 16.0 Å². The van der Waals surface area contributed by atoms with Gasteiger partial charge < -0.3 is 16.0 Å². The third kappa shape index (κ3) is 4.04. The molecule has 0 bridgehead atoms. The molecule has 0 saturated heterocycles. The number of carbonyl (C=O) groups excluding carboxylic acids is 1. The summed E-state index contributed by atoms with van der Waals surface area (Å²) in [5.41, 5.74) is 1.18. The van der Waals surface area contributed by atoms with E-state index in [1.165, 1.54) is 13.2 Å². The van der Waals surface area contributed by atoms with E-state index in [0.717, 1.165) is 17.8 Å². The molecule has 2 heterocycles. The predicted octanol–water partition coefficient (Wildman–Crippen LogP) is 3.90. The van der Waals surface area contributed by atoms with Crippen LogP contribution in [-0.2, 0) is 7.05 Å². The fourth-order valence-electron chi connectivity index (χ4n) is 2.58. The summed E-state index contributed by atoms with van der Waals surface area (Å²) >= 11 is 6.18. The first-order valence-corrected chi connectivity index (χ1v) is 8.57. The second-order valence-corrected chi connectivity index (χ2v) is 6.39. The molecule has 10 heteroatoms. The van der Waals surface area contributed by atoms with Gasteiger partial charge in [-0.05, 0) is 13.0 Å². The SMILES string of the molecule is CNC(=O)c1cc(F)c(F)cc1Nc1cc(Nc2cc(C)nn2C)ncc1Cl. The standard InChI is InChI=1S/C18H17ClF2N6O/c1-9-4-17(27(3)26-9)25-16-7-15(11(19)8-23-16)24-14-6-13(21)12(20)5-10(14)18(28)22-2/h4-8H,1-3H3,(H,22,28)(H2,23,24,25). The van der Waals surface area contributed by atoms with Gasteiger partial charge in [0, 0.05) is 32.3 Å². The van der Waals surface area contributed by atoms with Gasteiger partial charge in [-0.25, -0.2) is 13.8 Å². The number of rotatable bonds is 5. The van der Waals surface area contributed by atoms with Crippen molar-refractivity contribution in [2.45, 2.75) is 6.92 Å². The van der Waals surface area contributed by atoms with Crippen molar-refractivity contribution < 1.29 is 13.6 Å². The van der Waals surface area contributed by atoms with Gasteiger partial charge in [0.15, 0.2) is 11.6 Å². The van der Waals surface area contributed by atoms with E-state index in [0.29, 0.717) is 17.3 Å². The first-order chi connectivity index (χ1) is 13.3. The number of aromatic nitrogens is 3. The van der Waals surface area contributed by atoms with Crippen molar-refractivity contribution in [2.24, 2.45) is 7.05 Å². The maximum atomic E-state index is 13.7. The fourth-order valence-corrected chi connectivity index (χ4v) is 2.73. The summed E-state index contributed by atoms with van der Waals surface area (Å²) in [4.78, 5) is 16.2. The van der Waals surface area contributed by atoms with Crippen LogP contribution in [0.2, 0.25) is 5.02 Å². The summed E-state index contributed by atoms with van der Waals surface area (Å²) in [5, 5.41) is 12.8. The minimum atomic E-state index is -1.13. The quantitative estimate of drug-likeness (QED) is 0.598. The van der Waals surface area contributed by atoms with Crippen molar-refractivity contribution in [2.75, 3.05) is 17.7 Å². The number of nitrogens with zero attached hydrogens (tertiary/aromatic N) is 3. The monoisotopic (exact) mass is 406 g/mol. The number of carbonyl (C=O) groups is 1. The highest BCUT2D eigenvalue weighted by Crippen LogP contribution is 2.30. The first kappa shape index (κ1) is 19.6. The van der Waals surface area contributed by atoms with Gasteiger partial charge in [-0.15, -0.1) is 0 Å². The molecule has 0 aliphatic rings. The summed E-state index contributed by atoms with van der Waals surface area (Å²) in [7, 11) is 3.17. The van der Waals surface area contributed by atoms with Crippen molar-refractivity contribution >= 4 is 40.5 Å². The summed E-state index contributed by atoms with van der Waals surface area (Å²) < 4.78 is 29.0. The second kappa shape index (κ2) is 7.81. The van der Waals surface area contributed by atoms with E-state index in [4.69, 9.17) is 11.6 Å². The maximum absolute atomic E-state index is 13.7. The third-order valence-electron chi connectivity index (χ3n) is 3.91. The van der Waals surface area contributed by atoms with E-state index < -0.39 is 17.5 Å². The molecule has 0 spiro atoms. The summed E-state index contributed by atoms with van der Waals surface area (Å²) in [5.74, 6) is -1.64. The topological polar surface area (TPSA) is 83.9 Å². The van der Waals surface area contributed by atoms with Crippen LogP contribution in [0.4, 0.5) is 31.8 Å². The van der Waals surface area contributed by atoms with Crippen molar-refractivity contribution in [1.29, 1.82) is 0 Å². The molecule has 0 aliphatic carbocycles.